The number of rotatable bonds is 11. The Morgan fingerprint density at radius 3 is 2.46 bits per heavy atom. The van der Waals surface area contributed by atoms with Crippen molar-refractivity contribution in [3.05, 3.63) is 66.0 Å². The first-order chi connectivity index (χ1) is 18.0. The van der Waals surface area contributed by atoms with Crippen LogP contribution in [-0.2, 0) is 4.79 Å². The zero-order valence-corrected chi connectivity index (χ0v) is 22.6. The van der Waals surface area contributed by atoms with Crippen LogP contribution in [-0.4, -0.2) is 65.4 Å². The number of carboxylic acid groups (broad SMARTS) is 1. The van der Waals surface area contributed by atoms with Crippen LogP contribution >= 0.6 is 11.8 Å². The summed E-state index contributed by atoms with van der Waals surface area (Å²) in [5.74, 6) is 2.12. The summed E-state index contributed by atoms with van der Waals surface area (Å²) in [5.41, 5.74) is 1.02. The molecular weight excluding hydrogens is 483 g/mol. The van der Waals surface area contributed by atoms with Crippen LogP contribution in [0.15, 0.2) is 59.5 Å². The van der Waals surface area contributed by atoms with E-state index in [1.54, 1.807) is 12.1 Å². The van der Waals surface area contributed by atoms with Crippen LogP contribution in [0.25, 0.3) is 0 Å². The van der Waals surface area contributed by atoms with Gasteiger partial charge in [0.2, 0.25) is 0 Å². The molecule has 3 atom stereocenters. The highest BCUT2D eigenvalue weighted by Crippen LogP contribution is 2.38. The van der Waals surface area contributed by atoms with Gasteiger partial charge in [-0.05, 0) is 92.1 Å². The number of nitrogens with zero attached hydrogens (tertiary/aromatic N) is 2. The van der Waals surface area contributed by atoms with E-state index in [1.165, 1.54) is 42.4 Å². The van der Waals surface area contributed by atoms with Crippen molar-refractivity contribution < 1.29 is 14.3 Å². The largest absolute Gasteiger partial charge is 0.480 e. The van der Waals surface area contributed by atoms with Gasteiger partial charge in [-0.15, -0.1) is 11.8 Å². The fourth-order valence-electron chi connectivity index (χ4n) is 6.56. The molecule has 4 nitrogen and oxygen atoms in total. The minimum Gasteiger partial charge on any atom is -0.480 e. The number of carbonyl (C=O) groups is 1. The summed E-state index contributed by atoms with van der Waals surface area (Å²) in [5, 5.41) is 10.1. The molecule has 0 amide bonds. The Hall–Kier alpha value is -1.89. The molecule has 1 aliphatic carbocycles. The Balaban J connectivity index is 1.17. The van der Waals surface area contributed by atoms with Crippen LogP contribution in [0, 0.1) is 23.6 Å². The van der Waals surface area contributed by atoms with E-state index in [2.05, 4.69) is 40.1 Å². The second-order valence-electron chi connectivity index (χ2n) is 11.5. The van der Waals surface area contributed by atoms with Crippen LogP contribution in [0.3, 0.4) is 0 Å². The maximum atomic E-state index is 14.1. The number of hydrogen-bond acceptors (Lipinski definition) is 4. The van der Waals surface area contributed by atoms with Crippen molar-refractivity contribution >= 4 is 17.7 Å². The Labute approximate surface area is 225 Å². The Morgan fingerprint density at radius 2 is 1.78 bits per heavy atom. The van der Waals surface area contributed by atoms with Gasteiger partial charge in [0.1, 0.15) is 11.9 Å². The average molecular weight is 525 g/mol. The second kappa shape index (κ2) is 12.8. The van der Waals surface area contributed by atoms with E-state index in [0.717, 1.165) is 56.9 Å². The van der Waals surface area contributed by atoms with Crippen molar-refractivity contribution in [1.29, 1.82) is 0 Å². The van der Waals surface area contributed by atoms with Gasteiger partial charge in [-0.1, -0.05) is 49.6 Å². The maximum Gasteiger partial charge on any atom is 0.320 e. The Morgan fingerprint density at radius 1 is 1.00 bits per heavy atom. The molecule has 2 saturated heterocycles. The molecular formula is C31H41FN2O2S. The lowest BCUT2D eigenvalue weighted by atomic mass is 9.80. The zero-order chi connectivity index (χ0) is 25.6. The average Bonchev–Trinajstić information content (AvgIpc) is 3.28. The van der Waals surface area contributed by atoms with Gasteiger partial charge in [-0.2, -0.15) is 0 Å². The summed E-state index contributed by atoms with van der Waals surface area (Å²) < 4.78 is 14.1. The Kier molecular flexibility index (Phi) is 9.22. The molecule has 0 radical (unpaired) electrons. The number of piperidine rings is 1. The quantitative estimate of drug-likeness (QED) is 0.346. The summed E-state index contributed by atoms with van der Waals surface area (Å²) in [6.07, 6.45) is 8.03. The van der Waals surface area contributed by atoms with Crippen LogP contribution in [0.4, 0.5) is 4.39 Å². The summed E-state index contributed by atoms with van der Waals surface area (Å²) in [4.78, 5) is 18.4. The van der Waals surface area contributed by atoms with E-state index in [-0.39, 0.29) is 11.7 Å². The summed E-state index contributed by atoms with van der Waals surface area (Å²) >= 11 is 1.96. The molecule has 0 aromatic heterocycles. The first-order valence-electron chi connectivity index (χ1n) is 14.2. The minimum atomic E-state index is -0.695. The van der Waals surface area contributed by atoms with Gasteiger partial charge in [0.15, 0.2) is 0 Å². The highest BCUT2D eigenvalue weighted by Gasteiger charge is 2.41. The van der Waals surface area contributed by atoms with E-state index in [9.17, 15) is 14.3 Å². The normalized spacial score (nSPS) is 24.7. The second-order valence-corrected chi connectivity index (χ2v) is 12.6. The predicted octanol–water partition coefficient (Wildman–Crippen LogP) is 6.38. The van der Waals surface area contributed by atoms with Crippen molar-refractivity contribution in [1.82, 2.24) is 9.80 Å². The molecule has 3 fully saturated rings. The number of likely N-dealkylation sites (tertiary alicyclic amines) is 2. The molecule has 0 unspecified atom stereocenters. The van der Waals surface area contributed by atoms with Gasteiger partial charge < -0.3 is 10.0 Å². The zero-order valence-electron chi connectivity index (χ0n) is 21.8. The molecule has 0 spiro atoms. The fraction of sp³-hybridized carbons (Fsp3) is 0.581. The SMILES string of the molecule is O=C(O)[C@@H](CC1CCC1)N1C[C@H](CN2CCC(CCSc3ccccc3)CC2)[C@@H](c2cccc(F)c2)C1. The third-order valence-corrected chi connectivity index (χ3v) is 10.0. The van der Waals surface area contributed by atoms with Crippen molar-refractivity contribution in [2.75, 3.05) is 38.5 Å². The van der Waals surface area contributed by atoms with Crippen LogP contribution in [0.2, 0.25) is 0 Å². The molecule has 2 aliphatic heterocycles. The lowest BCUT2D eigenvalue weighted by Crippen LogP contribution is -2.43. The number of benzene rings is 2. The topological polar surface area (TPSA) is 43.8 Å². The summed E-state index contributed by atoms with van der Waals surface area (Å²) in [6, 6.07) is 17.2. The molecule has 3 aliphatic rings. The van der Waals surface area contributed by atoms with Crippen molar-refractivity contribution in [2.45, 2.75) is 61.8 Å². The van der Waals surface area contributed by atoms with Gasteiger partial charge >= 0.3 is 5.97 Å². The fourth-order valence-corrected chi connectivity index (χ4v) is 7.60. The smallest absolute Gasteiger partial charge is 0.320 e. The van der Waals surface area contributed by atoms with E-state index in [0.29, 0.717) is 18.4 Å². The predicted molar refractivity (Wildman–Crippen MR) is 149 cm³/mol. The highest BCUT2D eigenvalue weighted by molar-refractivity contribution is 7.99. The standard InChI is InChI=1S/C31H41FN2O2S/c32-27-9-5-8-25(19-27)29-22-34(30(31(35)36)18-24-6-4-7-24)21-26(29)20-33-15-12-23(13-16-33)14-17-37-28-10-2-1-3-11-28/h1-3,5,8-11,19,23-24,26,29-30H,4,6-7,12-18,20-22H2,(H,35,36)/t26-,29+,30+/m0/s1. The minimum absolute atomic E-state index is 0.180. The first kappa shape index (κ1) is 26.7. The molecule has 2 heterocycles. The van der Waals surface area contributed by atoms with E-state index in [1.807, 2.05) is 17.8 Å². The summed E-state index contributed by atoms with van der Waals surface area (Å²) in [6.45, 7) is 4.69. The highest BCUT2D eigenvalue weighted by atomic mass is 32.2. The summed E-state index contributed by atoms with van der Waals surface area (Å²) in [7, 11) is 0. The molecule has 1 N–H and O–H groups in total. The molecule has 1 saturated carbocycles. The van der Waals surface area contributed by atoms with Crippen LogP contribution in [0.1, 0.15) is 56.4 Å². The number of hydrogen-bond donors (Lipinski definition) is 1. The molecule has 5 rings (SSSR count). The third kappa shape index (κ3) is 7.15. The van der Waals surface area contributed by atoms with Gasteiger partial charge in [0.25, 0.3) is 0 Å². The van der Waals surface area contributed by atoms with Crippen molar-refractivity contribution in [3.8, 4) is 0 Å². The number of carboxylic acids is 1. The molecule has 2 aromatic rings. The third-order valence-electron chi connectivity index (χ3n) is 8.99. The van der Waals surface area contributed by atoms with Gasteiger partial charge in [0.05, 0.1) is 0 Å². The van der Waals surface area contributed by atoms with E-state index >= 15 is 0 Å². The maximum absolute atomic E-state index is 14.1. The van der Waals surface area contributed by atoms with Gasteiger partial charge in [0, 0.05) is 30.4 Å². The van der Waals surface area contributed by atoms with E-state index in [4.69, 9.17) is 0 Å². The number of aliphatic carboxylic acids is 1. The van der Waals surface area contributed by atoms with E-state index < -0.39 is 12.0 Å². The van der Waals surface area contributed by atoms with Gasteiger partial charge in [-0.3, -0.25) is 9.69 Å². The van der Waals surface area contributed by atoms with Crippen LogP contribution < -0.4 is 0 Å². The van der Waals surface area contributed by atoms with Crippen LogP contribution in [0.5, 0.6) is 0 Å². The molecule has 200 valence electrons. The number of thioether (sulfide) groups is 1. The lowest BCUT2D eigenvalue weighted by Gasteiger charge is -2.35. The van der Waals surface area contributed by atoms with Gasteiger partial charge in [-0.25, -0.2) is 4.39 Å². The first-order valence-corrected chi connectivity index (χ1v) is 15.2. The molecule has 0 bridgehead atoms. The van der Waals surface area contributed by atoms with Crippen molar-refractivity contribution in [2.24, 2.45) is 17.8 Å². The monoisotopic (exact) mass is 524 g/mol. The van der Waals surface area contributed by atoms with Crippen molar-refractivity contribution in [3.63, 3.8) is 0 Å². The Bertz CT molecular complexity index is 1010. The lowest BCUT2D eigenvalue weighted by molar-refractivity contribution is -0.144. The molecule has 2 aromatic carbocycles. The molecule has 6 heteroatoms. The molecule has 37 heavy (non-hydrogen) atoms. The number of halogens is 1.